The van der Waals surface area contributed by atoms with Crippen LogP contribution in [0.5, 0.6) is 5.75 Å². The second-order valence-electron chi connectivity index (χ2n) is 6.80. The Bertz CT molecular complexity index is 1130. The largest absolute Gasteiger partial charge is 0.484 e. The Balaban J connectivity index is 1.57. The summed E-state index contributed by atoms with van der Waals surface area (Å²) >= 11 is 12.8. The standard InChI is InChI=1S/C19H15Cl2FN2O4S2/c20-11-1-4-13(5-2-11)28-8-18(25)23-19-24(12-3-6-14(21)15(22)7-12)16-9-30(26,27)10-17(16)29-19/h1-7,16-17H,8-10H2/t16-,17+/m0/s1. The Labute approximate surface area is 186 Å². The van der Waals surface area contributed by atoms with Gasteiger partial charge in [-0.05, 0) is 42.5 Å². The molecular formula is C19H15Cl2FN2O4S2. The Morgan fingerprint density at radius 1 is 1.20 bits per heavy atom. The van der Waals surface area contributed by atoms with Crippen molar-refractivity contribution in [2.24, 2.45) is 4.99 Å². The van der Waals surface area contributed by atoms with Gasteiger partial charge in [0.1, 0.15) is 11.6 Å². The molecule has 2 aliphatic rings. The number of fused-ring (bicyclic) bond motifs is 1. The van der Waals surface area contributed by atoms with Crippen LogP contribution >= 0.6 is 35.0 Å². The fraction of sp³-hybridized carbons (Fsp3) is 0.263. The van der Waals surface area contributed by atoms with Crippen molar-refractivity contribution >= 4 is 61.6 Å². The van der Waals surface area contributed by atoms with Gasteiger partial charge < -0.3 is 9.64 Å². The minimum absolute atomic E-state index is 0.0244. The zero-order valence-corrected chi connectivity index (χ0v) is 18.4. The van der Waals surface area contributed by atoms with Crippen LogP contribution in [-0.4, -0.2) is 48.9 Å². The van der Waals surface area contributed by atoms with Crippen molar-refractivity contribution < 1.29 is 22.3 Å². The van der Waals surface area contributed by atoms with Crippen LogP contribution in [0.1, 0.15) is 0 Å². The highest BCUT2D eigenvalue weighted by Gasteiger charge is 2.49. The Morgan fingerprint density at radius 2 is 1.93 bits per heavy atom. The number of nitrogens with zero attached hydrogens (tertiary/aromatic N) is 2. The van der Waals surface area contributed by atoms with Gasteiger partial charge in [0.2, 0.25) is 0 Å². The second kappa shape index (κ2) is 8.37. The Hall–Kier alpha value is -1.81. The maximum absolute atomic E-state index is 14.0. The van der Waals surface area contributed by atoms with E-state index in [9.17, 15) is 17.6 Å². The smallest absolute Gasteiger partial charge is 0.285 e. The van der Waals surface area contributed by atoms with E-state index in [0.717, 1.165) is 0 Å². The van der Waals surface area contributed by atoms with Gasteiger partial charge in [-0.15, -0.1) is 0 Å². The van der Waals surface area contributed by atoms with E-state index in [0.29, 0.717) is 21.6 Å². The molecule has 11 heteroatoms. The molecule has 30 heavy (non-hydrogen) atoms. The number of benzene rings is 2. The van der Waals surface area contributed by atoms with Crippen LogP contribution in [0.4, 0.5) is 10.1 Å². The summed E-state index contributed by atoms with van der Waals surface area (Å²) in [6.07, 6.45) is 0. The van der Waals surface area contributed by atoms with Gasteiger partial charge in [0, 0.05) is 16.0 Å². The molecule has 0 unspecified atom stereocenters. The third kappa shape index (κ3) is 4.59. The molecule has 0 aromatic heterocycles. The van der Waals surface area contributed by atoms with E-state index in [1.165, 1.54) is 23.9 Å². The Kier molecular flexibility index (Phi) is 5.98. The number of carbonyl (C=O) groups is 1. The van der Waals surface area contributed by atoms with E-state index in [-0.39, 0.29) is 28.4 Å². The molecule has 2 heterocycles. The predicted molar refractivity (Wildman–Crippen MR) is 117 cm³/mol. The van der Waals surface area contributed by atoms with Crippen molar-refractivity contribution in [1.29, 1.82) is 0 Å². The molecule has 2 fully saturated rings. The summed E-state index contributed by atoms with van der Waals surface area (Å²) in [5, 5.41) is 0.513. The first-order chi connectivity index (χ1) is 14.2. The molecule has 2 aromatic carbocycles. The fourth-order valence-corrected chi connectivity index (χ4v) is 7.49. The van der Waals surface area contributed by atoms with E-state index >= 15 is 0 Å². The van der Waals surface area contributed by atoms with Crippen molar-refractivity contribution in [3.05, 3.63) is 58.3 Å². The molecule has 0 aliphatic carbocycles. The average Bonchev–Trinajstić information content (AvgIpc) is 3.14. The number of amidine groups is 1. The first-order valence-electron chi connectivity index (χ1n) is 8.83. The van der Waals surface area contributed by atoms with Gasteiger partial charge in [-0.2, -0.15) is 4.99 Å². The van der Waals surface area contributed by atoms with Gasteiger partial charge in [-0.25, -0.2) is 12.8 Å². The lowest BCUT2D eigenvalue weighted by Gasteiger charge is -2.24. The third-order valence-electron chi connectivity index (χ3n) is 4.64. The number of thioether (sulfide) groups is 1. The molecule has 2 aliphatic heterocycles. The van der Waals surface area contributed by atoms with Crippen LogP contribution in [0.15, 0.2) is 47.5 Å². The maximum atomic E-state index is 14.0. The topological polar surface area (TPSA) is 76.0 Å². The van der Waals surface area contributed by atoms with Crippen molar-refractivity contribution in [1.82, 2.24) is 0 Å². The minimum atomic E-state index is -3.22. The van der Waals surface area contributed by atoms with Crippen LogP contribution in [0, 0.1) is 5.82 Å². The van der Waals surface area contributed by atoms with E-state index < -0.39 is 27.6 Å². The highest BCUT2D eigenvalue weighted by Crippen LogP contribution is 2.41. The molecule has 2 saturated heterocycles. The molecule has 6 nitrogen and oxygen atoms in total. The van der Waals surface area contributed by atoms with Gasteiger partial charge in [-0.3, -0.25) is 4.79 Å². The lowest BCUT2D eigenvalue weighted by molar-refractivity contribution is -0.119. The SMILES string of the molecule is O=C(COc1ccc(Cl)cc1)N=C1S[C@@H]2CS(=O)(=O)C[C@@H]2N1c1ccc(Cl)c(F)c1. The molecule has 0 bridgehead atoms. The van der Waals surface area contributed by atoms with Gasteiger partial charge in [0.05, 0.1) is 22.6 Å². The van der Waals surface area contributed by atoms with Crippen molar-refractivity contribution in [2.75, 3.05) is 23.0 Å². The highest BCUT2D eigenvalue weighted by atomic mass is 35.5. The summed E-state index contributed by atoms with van der Waals surface area (Å²) in [5.41, 5.74) is 0.388. The lowest BCUT2D eigenvalue weighted by Crippen LogP contribution is -2.38. The molecule has 0 radical (unpaired) electrons. The van der Waals surface area contributed by atoms with Gasteiger partial charge in [0.25, 0.3) is 5.91 Å². The summed E-state index contributed by atoms with van der Waals surface area (Å²) in [6.45, 7) is -0.303. The number of hydrogen-bond acceptors (Lipinski definition) is 5. The van der Waals surface area contributed by atoms with Crippen LogP contribution in [0.3, 0.4) is 0 Å². The number of carbonyl (C=O) groups excluding carboxylic acids is 1. The molecular weight excluding hydrogens is 474 g/mol. The zero-order valence-electron chi connectivity index (χ0n) is 15.3. The minimum Gasteiger partial charge on any atom is -0.484 e. The molecule has 1 amide bonds. The number of halogens is 3. The van der Waals surface area contributed by atoms with Crippen LogP contribution < -0.4 is 9.64 Å². The van der Waals surface area contributed by atoms with E-state index in [4.69, 9.17) is 27.9 Å². The number of anilines is 1. The van der Waals surface area contributed by atoms with Crippen LogP contribution in [0.25, 0.3) is 0 Å². The molecule has 4 rings (SSSR count). The molecule has 0 N–H and O–H groups in total. The van der Waals surface area contributed by atoms with Crippen LogP contribution in [-0.2, 0) is 14.6 Å². The van der Waals surface area contributed by atoms with E-state index in [1.54, 1.807) is 35.2 Å². The number of aliphatic imine (C=N–C) groups is 1. The maximum Gasteiger partial charge on any atom is 0.285 e. The highest BCUT2D eigenvalue weighted by molar-refractivity contribution is 8.16. The number of hydrogen-bond donors (Lipinski definition) is 0. The molecule has 2 atom stereocenters. The molecule has 2 aromatic rings. The van der Waals surface area contributed by atoms with Gasteiger partial charge >= 0.3 is 0 Å². The summed E-state index contributed by atoms with van der Waals surface area (Å²) < 4.78 is 43.6. The third-order valence-corrected chi connectivity index (χ3v) is 8.41. The lowest BCUT2D eigenvalue weighted by atomic mass is 10.2. The van der Waals surface area contributed by atoms with Crippen molar-refractivity contribution in [3.63, 3.8) is 0 Å². The summed E-state index contributed by atoms with van der Waals surface area (Å²) in [7, 11) is -3.22. The van der Waals surface area contributed by atoms with Crippen molar-refractivity contribution in [2.45, 2.75) is 11.3 Å². The van der Waals surface area contributed by atoms with E-state index in [1.807, 2.05) is 0 Å². The second-order valence-corrected chi connectivity index (χ2v) is 11.0. The summed E-state index contributed by atoms with van der Waals surface area (Å²) in [5.74, 6) is -0.839. The number of ether oxygens (including phenoxy) is 1. The first-order valence-corrected chi connectivity index (χ1v) is 12.3. The fourth-order valence-electron chi connectivity index (χ4n) is 3.32. The normalized spacial score (nSPS) is 23.6. The molecule has 0 saturated carbocycles. The number of amides is 1. The predicted octanol–water partition coefficient (Wildman–Crippen LogP) is 3.81. The summed E-state index contributed by atoms with van der Waals surface area (Å²) in [4.78, 5) is 18.1. The molecule has 158 valence electrons. The van der Waals surface area contributed by atoms with Gasteiger partial charge in [0.15, 0.2) is 21.6 Å². The average molecular weight is 489 g/mol. The van der Waals surface area contributed by atoms with Gasteiger partial charge in [-0.1, -0.05) is 35.0 Å². The van der Waals surface area contributed by atoms with Crippen LogP contribution in [0.2, 0.25) is 10.0 Å². The van der Waals surface area contributed by atoms with Crippen molar-refractivity contribution in [3.8, 4) is 5.75 Å². The summed E-state index contributed by atoms with van der Waals surface area (Å²) in [6, 6.07) is 10.3. The first kappa shape index (κ1) is 21.4. The zero-order chi connectivity index (χ0) is 21.5. The molecule has 0 spiro atoms. The number of rotatable bonds is 4. The quantitative estimate of drug-likeness (QED) is 0.650. The van der Waals surface area contributed by atoms with E-state index in [2.05, 4.69) is 4.99 Å². The number of sulfone groups is 1. The monoisotopic (exact) mass is 488 g/mol. The Morgan fingerprint density at radius 3 is 2.63 bits per heavy atom.